The van der Waals surface area contributed by atoms with Gasteiger partial charge in [0.25, 0.3) is 0 Å². The highest BCUT2D eigenvalue weighted by atomic mass is 35.5. The van der Waals surface area contributed by atoms with Gasteiger partial charge in [-0.1, -0.05) is 36.4 Å². The van der Waals surface area contributed by atoms with Gasteiger partial charge >= 0.3 is 0 Å². The highest BCUT2D eigenvalue weighted by molar-refractivity contribution is 6.64. The number of hydrogen-bond donors (Lipinski definition) is 1. The third kappa shape index (κ3) is 3.89. The van der Waals surface area contributed by atoms with Crippen LogP contribution in [0.25, 0.3) is 11.1 Å². The van der Waals surface area contributed by atoms with Crippen LogP contribution in [0.4, 0.5) is 0 Å². The summed E-state index contributed by atoms with van der Waals surface area (Å²) in [4.78, 5) is 0. The Morgan fingerprint density at radius 1 is 1.18 bits per heavy atom. The summed E-state index contributed by atoms with van der Waals surface area (Å²) in [6.07, 6.45) is 1.84. The van der Waals surface area contributed by atoms with Gasteiger partial charge < -0.3 is 9.47 Å². The van der Waals surface area contributed by atoms with Crippen LogP contribution in [0, 0.1) is 12.3 Å². The molecule has 0 aliphatic rings. The number of benzene rings is 2. The highest BCUT2D eigenvalue weighted by Gasteiger charge is 2.07. The SMILES string of the molecule is C=COc1cc(OC)cc(-c2ccc(CC(=N)Cl)c(C)c2)c1. The summed E-state index contributed by atoms with van der Waals surface area (Å²) in [7, 11) is 1.62. The van der Waals surface area contributed by atoms with E-state index in [0.29, 0.717) is 12.2 Å². The average Bonchev–Trinajstić information content (AvgIpc) is 2.49. The maximum atomic E-state index is 7.40. The van der Waals surface area contributed by atoms with Crippen molar-refractivity contribution in [2.45, 2.75) is 13.3 Å². The third-order valence-electron chi connectivity index (χ3n) is 3.36. The van der Waals surface area contributed by atoms with Gasteiger partial charge in [-0.15, -0.1) is 0 Å². The van der Waals surface area contributed by atoms with E-state index in [1.807, 2.05) is 31.2 Å². The molecule has 0 atom stereocenters. The summed E-state index contributed by atoms with van der Waals surface area (Å²) in [6, 6.07) is 11.8. The fourth-order valence-corrected chi connectivity index (χ4v) is 2.41. The summed E-state index contributed by atoms with van der Waals surface area (Å²) >= 11 is 5.68. The first-order valence-electron chi connectivity index (χ1n) is 6.83. The molecule has 0 saturated carbocycles. The molecule has 0 fully saturated rings. The molecule has 0 aliphatic carbocycles. The van der Waals surface area contributed by atoms with Crippen LogP contribution in [-0.2, 0) is 6.42 Å². The van der Waals surface area contributed by atoms with E-state index in [4.69, 9.17) is 26.5 Å². The van der Waals surface area contributed by atoms with Gasteiger partial charge in [0, 0.05) is 12.5 Å². The molecule has 0 amide bonds. The highest BCUT2D eigenvalue weighted by Crippen LogP contribution is 2.31. The molecule has 0 spiro atoms. The minimum atomic E-state index is 0.138. The number of halogens is 1. The lowest BCUT2D eigenvalue weighted by atomic mass is 9.98. The van der Waals surface area contributed by atoms with E-state index < -0.39 is 0 Å². The first kappa shape index (κ1) is 16.1. The van der Waals surface area contributed by atoms with E-state index >= 15 is 0 Å². The van der Waals surface area contributed by atoms with Crippen molar-refractivity contribution >= 4 is 16.8 Å². The van der Waals surface area contributed by atoms with Gasteiger partial charge in [-0.2, -0.15) is 0 Å². The average molecular weight is 316 g/mol. The number of ether oxygens (including phenoxy) is 2. The molecule has 22 heavy (non-hydrogen) atoms. The van der Waals surface area contributed by atoms with Crippen molar-refractivity contribution < 1.29 is 9.47 Å². The predicted molar refractivity (Wildman–Crippen MR) is 91.3 cm³/mol. The Morgan fingerprint density at radius 3 is 2.50 bits per heavy atom. The standard InChI is InChI=1S/C18H18ClNO2/c1-4-22-17-9-15(8-16(11-17)21-3)14-6-5-13(10-18(19)20)12(2)7-14/h4-9,11,20H,1,10H2,2-3H3. The number of aryl methyl sites for hydroxylation is 1. The van der Waals surface area contributed by atoms with Gasteiger partial charge in [-0.05, 0) is 41.3 Å². The minimum absolute atomic E-state index is 0.138. The van der Waals surface area contributed by atoms with Crippen LogP contribution < -0.4 is 9.47 Å². The van der Waals surface area contributed by atoms with E-state index in [0.717, 1.165) is 28.0 Å². The minimum Gasteiger partial charge on any atom is -0.497 e. The fraction of sp³-hybridized carbons (Fsp3) is 0.167. The lowest BCUT2D eigenvalue weighted by molar-refractivity contribution is 0.409. The first-order chi connectivity index (χ1) is 10.5. The predicted octanol–water partition coefficient (Wildman–Crippen LogP) is 4.95. The zero-order valence-electron chi connectivity index (χ0n) is 12.7. The molecular weight excluding hydrogens is 298 g/mol. The molecule has 0 bridgehead atoms. The van der Waals surface area contributed by atoms with E-state index in [9.17, 15) is 0 Å². The smallest absolute Gasteiger partial charge is 0.130 e. The summed E-state index contributed by atoms with van der Waals surface area (Å²) < 4.78 is 10.7. The summed E-state index contributed by atoms with van der Waals surface area (Å²) in [5, 5.41) is 7.53. The Labute approximate surface area is 135 Å². The van der Waals surface area contributed by atoms with Gasteiger partial charge in [-0.25, -0.2) is 0 Å². The Balaban J connectivity index is 2.42. The lowest BCUT2D eigenvalue weighted by Crippen LogP contribution is -1.96. The van der Waals surface area contributed by atoms with Crippen LogP contribution in [0.3, 0.4) is 0 Å². The second kappa shape index (κ2) is 7.14. The zero-order valence-corrected chi connectivity index (χ0v) is 13.4. The van der Waals surface area contributed by atoms with Crippen LogP contribution in [0.15, 0.2) is 49.2 Å². The van der Waals surface area contributed by atoms with E-state index in [1.165, 1.54) is 6.26 Å². The van der Waals surface area contributed by atoms with Crippen molar-refractivity contribution in [1.82, 2.24) is 0 Å². The van der Waals surface area contributed by atoms with Gasteiger partial charge in [0.15, 0.2) is 0 Å². The Kier molecular flexibility index (Phi) is 5.23. The lowest BCUT2D eigenvalue weighted by Gasteiger charge is -2.11. The maximum absolute atomic E-state index is 7.40. The molecule has 2 rings (SSSR count). The number of hydrogen-bond acceptors (Lipinski definition) is 3. The summed E-state index contributed by atoms with van der Waals surface area (Å²) in [5.41, 5.74) is 4.19. The molecule has 3 nitrogen and oxygen atoms in total. The monoisotopic (exact) mass is 315 g/mol. The van der Waals surface area contributed by atoms with E-state index in [1.54, 1.807) is 13.2 Å². The zero-order chi connectivity index (χ0) is 16.1. The Morgan fingerprint density at radius 2 is 1.91 bits per heavy atom. The molecular formula is C18H18ClNO2. The second-order valence-electron chi connectivity index (χ2n) is 4.90. The van der Waals surface area contributed by atoms with Crippen LogP contribution in [0.5, 0.6) is 11.5 Å². The normalized spacial score (nSPS) is 10.1. The molecule has 4 heteroatoms. The molecule has 0 aliphatic heterocycles. The molecule has 0 radical (unpaired) electrons. The maximum Gasteiger partial charge on any atom is 0.130 e. The fourth-order valence-electron chi connectivity index (χ4n) is 2.26. The van der Waals surface area contributed by atoms with Crippen LogP contribution in [-0.4, -0.2) is 12.3 Å². The van der Waals surface area contributed by atoms with E-state index in [2.05, 4.69) is 12.6 Å². The Hall–Kier alpha value is -2.26. The van der Waals surface area contributed by atoms with Crippen LogP contribution in [0.1, 0.15) is 11.1 Å². The third-order valence-corrected chi connectivity index (χ3v) is 3.49. The molecule has 0 saturated heterocycles. The second-order valence-corrected chi connectivity index (χ2v) is 5.36. The van der Waals surface area contributed by atoms with Crippen molar-refractivity contribution in [3.8, 4) is 22.6 Å². The molecule has 1 N–H and O–H groups in total. The molecule has 0 aromatic heterocycles. The molecule has 2 aromatic carbocycles. The van der Waals surface area contributed by atoms with Crippen molar-refractivity contribution in [2.75, 3.05) is 7.11 Å². The van der Waals surface area contributed by atoms with Gasteiger partial charge in [0.2, 0.25) is 0 Å². The van der Waals surface area contributed by atoms with Crippen molar-refractivity contribution in [2.24, 2.45) is 0 Å². The molecule has 2 aromatic rings. The summed E-state index contributed by atoms with van der Waals surface area (Å²) in [6.45, 7) is 5.59. The van der Waals surface area contributed by atoms with Crippen LogP contribution >= 0.6 is 11.6 Å². The first-order valence-corrected chi connectivity index (χ1v) is 7.20. The quantitative estimate of drug-likeness (QED) is 0.605. The van der Waals surface area contributed by atoms with Crippen molar-refractivity contribution in [1.29, 1.82) is 5.41 Å². The van der Waals surface area contributed by atoms with Crippen molar-refractivity contribution in [3.05, 3.63) is 60.4 Å². The Bertz CT molecular complexity index is 710. The van der Waals surface area contributed by atoms with Crippen molar-refractivity contribution in [3.63, 3.8) is 0 Å². The van der Waals surface area contributed by atoms with Gasteiger partial charge in [-0.3, -0.25) is 5.41 Å². The molecule has 114 valence electrons. The van der Waals surface area contributed by atoms with Crippen LogP contribution in [0.2, 0.25) is 0 Å². The largest absolute Gasteiger partial charge is 0.497 e. The number of rotatable bonds is 6. The molecule has 0 unspecified atom stereocenters. The van der Waals surface area contributed by atoms with Gasteiger partial charge in [0.05, 0.1) is 13.4 Å². The topological polar surface area (TPSA) is 42.3 Å². The number of methoxy groups -OCH3 is 1. The van der Waals surface area contributed by atoms with E-state index in [-0.39, 0.29) is 5.17 Å². The molecule has 0 heterocycles. The summed E-state index contributed by atoms with van der Waals surface area (Å²) in [5.74, 6) is 1.40. The number of nitrogens with one attached hydrogen (secondary N) is 1. The van der Waals surface area contributed by atoms with Gasteiger partial charge in [0.1, 0.15) is 16.7 Å².